The number of hydrogen-bond acceptors (Lipinski definition) is 4. The summed E-state index contributed by atoms with van der Waals surface area (Å²) < 4.78 is 1.07. The van der Waals surface area contributed by atoms with Gasteiger partial charge in [0.05, 0.1) is 3.79 Å². The van der Waals surface area contributed by atoms with Gasteiger partial charge in [0, 0.05) is 18.5 Å². The first-order chi connectivity index (χ1) is 8.58. The molecule has 2 aromatic heterocycles. The third-order valence-electron chi connectivity index (χ3n) is 2.53. The van der Waals surface area contributed by atoms with E-state index in [9.17, 15) is 4.79 Å². The molecule has 2 N–H and O–H groups in total. The normalized spacial score (nSPS) is 12.4. The highest BCUT2D eigenvalue weighted by Crippen LogP contribution is 2.23. The quantitative estimate of drug-likeness (QED) is 0.925. The van der Waals surface area contributed by atoms with E-state index in [1.165, 1.54) is 11.3 Å². The number of rotatable bonds is 4. The van der Waals surface area contributed by atoms with E-state index < -0.39 is 6.04 Å². The van der Waals surface area contributed by atoms with E-state index in [0.29, 0.717) is 6.54 Å². The lowest BCUT2D eigenvalue weighted by molar-refractivity contribution is -0.131. The molecular formula is C12H13BrN2OS2. The van der Waals surface area contributed by atoms with Crippen LogP contribution in [0.2, 0.25) is 0 Å². The fourth-order valence-corrected chi connectivity index (χ4v) is 3.53. The molecule has 0 fully saturated rings. The molecule has 3 nitrogen and oxygen atoms in total. The summed E-state index contributed by atoms with van der Waals surface area (Å²) in [6, 6.07) is 5.26. The fourth-order valence-electron chi connectivity index (χ4n) is 1.61. The average molecular weight is 345 g/mol. The Labute approximate surface area is 122 Å². The number of amides is 1. The van der Waals surface area contributed by atoms with Crippen LogP contribution in [0.4, 0.5) is 0 Å². The van der Waals surface area contributed by atoms with Crippen molar-refractivity contribution in [3.8, 4) is 0 Å². The van der Waals surface area contributed by atoms with Crippen molar-refractivity contribution in [2.75, 3.05) is 7.05 Å². The van der Waals surface area contributed by atoms with Crippen LogP contribution in [-0.2, 0) is 11.3 Å². The Kier molecular flexibility index (Phi) is 4.55. The molecule has 1 atom stereocenters. The summed E-state index contributed by atoms with van der Waals surface area (Å²) in [6.07, 6.45) is 0. The summed E-state index contributed by atoms with van der Waals surface area (Å²) in [4.78, 5) is 14.7. The Morgan fingerprint density at radius 2 is 2.33 bits per heavy atom. The van der Waals surface area contributed by atoms with Crippen molar-refractivity contribution in [3.05, 3.63) is 43.2 Å². The van der Waals surface area contributed by atoms with Crippen molar-refractivity contribution in [1.29, 1.82) is 0 Å². The average Bonchev–Trinajstić information content (AvgIpc) is 2.98. The van der Waals surface area contributed by atoms with Crippen molar-refractivity contribution in [3.63, 3.8) is 0 Å². The second kappa shape index (κ2) is 5.97. The van der Waals surface area contributed by atoms with Crippen LogP contribution in [0, 0.1) is 0 Å². The lowest BCUT2D eigenvalue weighted by Gasteiger charge is -2.20. The van der Waals surface area contributed by atoms with Crippen molar-refractivity contribution < 1.29 is 4.79 Å². The minimum absolute atomic E-state index is 0.0558. The Bertz CT molecular complexity index is 524. The van der Waals surface area contributed by atoms with Gasteiger partial charge in [-0.1, -0.05) is 6.07 Å². The molecule has 1 unspecified atom stereocenters. The highest BCUT2D eigenvalue weighted by atomic mass is 79.9. The molecule has 0 aromatic carbocycles. The van der Waals surface area contributed by atoms with Gasteiger partial charge in [-0.25, -0.2) is 0 Å². The molecule has 18 heavy (non-hydrogen) atoms. The molecular weight excluding hydrogens is 332 g/mol. The van der Waals surface area contributed by atoms with Gasteiger partial charge in [-0.2, -0.15) is 0 Å². The first-order valence-electron chi connectivity index (χ1n) is 5.35. The lowest BCUT2D eigenvalue weighted by atomic mass is 10.2. The molecule has 0 bridgehead atoms. The minimum atomic E-state index is -0.558. The summed E-state index contributed by atoms with van der Waals surface area (Å²) in [7, 11) is 1.78. The zero-order valence-corrected chi connectivity index (χ0v) is 13.0. The monoisotopic (exact) mass is 344 g/mol. The number of likely N-dealkylation sites (N-methyl/N-ethyl adjacent to an activating group) is 1. The summed E-state index contributed by atoms with van der Waals surface area (Å²) >= 11 is 6.53. The molecule has 1 amide bonds. The molecule has 0 aliphatic heterocycles. The van der Waals surface area contributed by atoms with Gasteiger partial charge in [-0.3, -0.25) is 4.79 Å². The fraction of sp³-hybridized carbons (Fsp3) is 0.250. The van der Waals surface area contributed by atoms with Crippen molar-refractivity contribution >= 4 is 44.5 Å². The van der Waals surface area contributed by atoms with Gasteiger partial charge < -0.3 is 10.6 Å². The largest absolute Gasteiger partial charge is 0.340 e. The number of hydrogen-bond donors (Lipinski definition) is 1. The number of nitrogens with two attached hydrogens (primary N) is 1. The zero-order chi connectivity index (χ0) is 13.1. The maximum absolute atomic E-state index is 12.2. The maximum atomic E-state index is 12.2. The number of nitrogens with zero attached hydrogens (tertiary/aromatic N) is 1. The summed E-state index contributed by atoms with van der Waals surface area (Å²) in [5.41, 5.74) is 7.07. The van der Waals surface area contributed by atoms with Gasteiger partial charge in [0.25, 0.3) is 0 Å². The summed E-state index contributed by atoms with van der Waals surface area (Å²) in [6.45, 7) is 0.583. The van der Waals surface area contributed by atoms with E-state index in [4.69, 9.17) is 5.73 Å². The van der Waals surface area contributed by atoms with Crippen LogP contribution in [0.3, 0.4) is 0 Å². The van der Waals surface area contributed by atoms with Crippen molar-refractivity contribution in [2.24, 2.45) is 5.73 Å². The molecule has 0 aliphatic carbocycles. The van der Waals surface area contributed by atoms with Crippen LogP contribution in [0.1, 0.15) is 16.5 Å². The molecule has 0 spiro atoms. The predicted molar refractivity (Wildman–Crippen MR) is 79.7 cm³/mol. The minimum Gasteiger partial charge on any atom is -0.340 e. The molecule has 0 saturated heterocycles. The van der Waals surface area contributed by atoms with Gasteiger partial charge in [0.15, 0.2) is 0 Å². The van der Waals surface area contributed by atoms with Gasteiger partial charge in [-0.15, -0.1) is 22.7 Å². The predicted octanol–water partition coefficient (Wildman–Crippen LogP) is 3.23. The first-order valence-corrected chi connectivity index (χ1v) is 7.90. The Morgan fingerprint density at radius 3 is 2.89 bits per heavy atom. The number of thiophene rings is 2. The topological polar surface area (TPSA) is 46.3 Å². The molecule has 0 saturated carbocycles. The number of carbonyl (C=O) groups excluding carboxylic acids is 1. The van der Waals surface area contributed by atoms with E-state index >= 15 is 0 Å². The van der Waals surface area contributed by atoms with Crippen LogP contribution in [0.25, 0.3) is 0 Å². The van der Waals surface area contributed by atoms with Gasteiger partial charge in [0.1, 0.15) is 6.04 Å². The molecule has 2 heterocycles. The highest BCUT2D eigenvalue weighted by molar-refractivity contribution is 9.11. The molecule has 0 aliphatic rings. The van der Waals surface area contributed by atoms with Crippen LogP contribution in [0.15, 0.2) is 32.7 Å². The Morgan fingerprint density at radius 1 is 1.56 bits per heavy atom. The van der Waals surface area contributed by atoms with E-state index in [-0.39, 0.29) is 5.91 Å². The van der Waals surface area contributed by atoms with Crippen LogP contribution >= 0.6 is 38.6 Å². The molecule has 96 valence electrons. The first kappa shape index (κ1) is 13.7. The van der Waals surface area contributed by atoms with Gasteiger partial charge in [0.2, 0.25) is 5.91 Å². The van der Waals surface area contributed by atoms with Crippen LogP contribution in [0.5, 0.6) is 0 Å². The SMILES string of the molecule is CN(Cc1csc(Br)c1)C(=O)C(N)c1cccs1. The van der Waals surface area contributed by atoms with Crippen molar-refractivity contribution in [2.45, 2.75) is 12.6 Å². The van der Waals surface area contributed by atoms with E-state index in [0.717, 1.165) is 14.2 Å². The van der Waals surface area contributed by atoms with Crippen LogP contribution < -0.4 is 5.73 Å². The number of halogens is 1. The van der Waals surface area contributed by atoms with Crippen LogP contribution in [-0.4, -0.2) is 17.9 Å². The lowest BCUT2D eigenvalue weighted by Crippen LogP contribution is -2.34. The molecule has 2 aromatic rings. The van der Waals surface area contributed by atoms with Gasteiger partial charge in [-0.05, 0) is 44.4 Å². The van der Waals surface area contributed by atoms with E-state index in [1.807, 2.05) is 29.0 Å². The summed E-state index contributed by atoms with van der Waals surface area (Å²) in [5, 5.41) is 3.96. The molecule has 6 heteroatoms. The third-order valence-corrected chi connectivity index (χ3v) is 5.04. The molecule has 0 radical (unpaired) electrons. The maximum Gasteiger partial charge on any atom is 0.244 e. The van der Waals surface area contributed by atoms with Crippen molar-refractivity contribution in [1.82, 2.24) is 4.90 Å². The second-order valence-electron chi connectivity index (χ2n) is 3.95. The summed E-state index contributed by atoms with van der Waals surface area (Å²) in [5.74, 6) is -0.0558. The smallest absolute Gasteiger partial charge is 0.244 e. The van der Waals surface area contributed by atoms with Gasteiger partial charge >= 0.3 is 0 Å². The second-order valence-corrected chi connectivity index (χ2v) is 7.22. The third kappa shape index (κ3) is 3.20. The standard InChI is InChI=1S/C12H13BrN2OS2/c1-15(6-8-5-10(13)18-7-8)12(16)11(14)9-3-2-4-17-9/h2-5,7,11H,6,14H2,1H3. The van der Waals surface area contributed by atoms with E-state index in [1.54, 1.807) is 23.3 Å². The van der Waals surface area contributed by atoms with E-state index in [2.05, 4.69) is 15.9 Å². The molecule has 2 rings (SSSR count). The number of carbonyl (C=O) groups is 1. The Balaban J connectivity index is 2.00. The zero-order valence-electron chi connectivity index (χ0n) is 9.80. The Hall–Kier alpha value is -0.690. The highest BCUT2D eigenvalue weighted by Gasteiger charge is 2.20.